The Kier molecular flexibility index (Phi) is 4.48. The third-order valence-corrected chi connectivity index (χ3v) is 3.16. The summed E-state index contributed by atoms with van der Waals surface area (Å²) in [7, 11) is 1.64. The number of carbonyl (C=O) groups is 1. The van der Waals surface area contributed by atoms with Crippen LogP contribution < -0.4 is 10.6 Å². The quantitative estimate of drug-likeness (QED) is 0.928. The van der Waals surface area contributed by atoms with Gasteiger partial charge in [-0.2, -0.15) is 0 Å². The monoisotopic (exact) mass is 272 g/mol. The zero-order valence-electron chi connectivity index (χ0n) is 11.3. The van der Waals surface area contributed by atoms with Crippen LogP contribution in [0.1, 0.15) is 5.56 Å². The van der Waals surface area contributed by atoms with E-state index in [-0.39, 0.29) is 11.7 Å². The third-order valence-electron chi connectivity index (χ3n) is 3.16. The van der Waals surface area contributed by atoms with Crippen molar-refractivity contribution < 1.29 is 9.18 Å². The van der Waals surface area contributed by atoms with Crippen LogP contribution in [0.2, 0.25) is 0 Å². The van der Waals surface area contributed by atoms with Gasteiger partial charge in [-0.15, -0.1) is 0 Å². The molecule has 0 heterocycles. The molecule has 0 aliphatic heterocycles. The van der Waals surface area contributed by atoms with Gasteiger partial charge in [0.25, 0.3) is 0 Å². The summed E-state index contributed by atoms with van der Waals surface area (Å²) in [5.41, 5.74) is 7.59. The van der Waals surface area contributed by atoms with Gasteiger partial charge in [0.15, 0.2) is 0 Å². The minimum absolute atomic E-state index is 0.194. The first-order valence-electron chi connectivity index (χ1n) is 6.40. The highest BCUT2D eigenvalue weighted by molar-refractivity contribution is 5.96. The number of benzene rings is 2. The molecule has 0 aromatic heterocycles. The highest BCUT2D eigenvalue weighted by Gasteiger charge is 2.19. The number of amides is 1. The maximum absolute atomic E-state index is 12.9. The molecule has 0 aliphatic rings. The van der Waals surface area contributed by atoms with E-state index >= 15 is 0 Å². The van der Waals surface area contributed by atoms with Crippen LogP contribution in [0.4, 0.5) is 10.1 Å². The maximum atomic E-state index is 12.9. The maximum Gasteiger partial charge on any atom is 0.243 e. The van der Waals surface area contributed by atoms with Crippen LogP contribution in [0.3, 0.4) is 0 Å². The number of hydrogen-bond acceptors (Lipinski definition) is 2. The van der Waals surface area contributed by atoms with Gasteiger partial charge in [0.1, 0.15) is 5.82 Å². The molecule has 2 aromatic carbocycles. The summed E-state index contributed by atoms with van der Waals surface area (Å²) in [6, 6.07) is 14.8. The second kappa shape index (κ2) is 6.30. The Hall–Kier alpha value is -2.20. The molecule has 1 atom stereocenters. The lowest BCUT2D eigenvalue weighted by atomic mass is 10.1. The molecule has 0 saturated heterocycles. The Bertz CT molecular complexity index is 569. The molecule has 3 nitrogen and oxygen atoms in total. The molecule has 0 radical (unpaired) electrons. The van der Waals surface area contributed by atoms with Gasteiger partial charge >= 0.3 is 0 Å². The lowest BCUT2D eigenvalue weighted by Gasteiger charge is -2.21. The minimum Gasteiger partial charge on any atom is -0.320 e. The van der Waals surface area contributed by atoms with Gasteiger partial charge in [0.2, 0.25) is 5.91 Å². The van der Waals surface area contributed by atoms with Crippen molar-refractivity contribution in [2.24, 2.45) is 5.73 Å². The molecular weight excluding hydrogens is 255 g/mol. The highest BCUT2D eigenvalue weighted by atomic mass is 19.1. The summed E-state index contributed by atoms with van der Waals surface area (Å²) in [6.07, 6.45) is 0.477. The number of carbonyl (C=O) groups excluding carboxylic acids is 1. The van der Waals surface area contributed by atoms with Gasteiger partial charge in [-0.05, 0) is 36.2 Å². The topological polar surface area (TPSA) is 46.3 Å². The molecule has 0 aliphatic carbocycles. The molecule has 4 heteroatoms. The van der Waals surface area contributed by atoms with Crippen LogP contribution >= 0.6 is 0 Å². The largest absolute Gasteiger partial charge is 0.320 e. The van der Waals surface area contributed by atoms with Crippen molar-refractivity contribution in [3.05, 3.63) is 66.0 Å². The molecule has 0 unspecified atom stereocenters. The predicted octanol–water partition coefficient (Wildman–Crippen LogP) is 2.36. The van der Waals surface area contributed by atoms with Gasteiger partial charge in [0, 0.05) is 12.7 Å². The average molecular weight is 272 g/mol. The Labute approximate surface area is 117 Å². The molecule has 104 valence electrons. The lowest BCUT2D eigenvalue weighted by Crippen LogP contribution is -2.43. The number of nitrogens with zero attached hydrogens (tertiary/aromatic N) is 1. The zero-order chi connectivity index (χ0) is 14.5. The number of halogens is 1. The van der Waals surface area contributed by atoms with Gasteiger partial charge < -0.3 is 10.6 Å². The fraction of sp³-hybridized carbons (Fsp3) is 0.188. The van der Waals surface area contributed by atoms with E-state index in [1.165, 1.54) is 17.0 Å². The van der Waals surface area contributed by atoms with Gasteiger partial charge in [0.05, 0.1) is 6.04 Å². The number of hydrogen-bond donors (Lipinski definition) is 1. The van der Waals surface area contributed by atoms with Crippen molar-refractivity contribution in [3.8, 4) is 0 Å². The first kappa shape index (κ1) is 14.2. The first-order valence-corrected chi connectivity index (χ1v) is 6.40. The van der Waals surface area contributed by atoms with Crippen molar-refractivity contribution in [2.75, 3.05) is 11.9 Å². The SMILES string of the molecule is CN(C(=O)[C@H](N)Cc1ccccc1)c1ccc(F)cc1. The van der Waals surface area contributed by atoms with Gasteiger partial charge in [-0.3, -0.25) is 4.79 Å². The highest BCUT2D eigenvalue weighted by Crippen LogP contribution is 2.14. The number of rotatable bonds is 4. The molecular formula is C16H17FN2O. The first-order chi connectivity index (χ1) is 9.58. The summed E-state index contributed by atoms with van der Waals surface area (Å²) >= 11 is 0. The van der Waals surface area contributed by atoms with Crippen LogP contribution in [0.15, 0.2) is 54.6 Å². The lowest BCUT2D eigenvalue weighted by molar-refractivity contribution is -0.119. The molecule has 0 spiro atoms. The van der Waals surface area contributed by atoms with E-state index in [9.17, 15) is 9.18 Å². The van der Waals surface area contributed by atoms with Crippen LogP contribution in [0, 0.1) is 5.82 Å². The fourth-order valence-corrected chi connectivity index (χ4v) is 2.00. The number of likely N-dealkylation sites (N-methyl/N-ethyl adjacent to an activating group) is 1. The number of nitrogens with two attached hydrogens (primary N) is 1. The molecule has 20 heavy (non-hydrogen) atoms. The van der Waals surface area contributed by atoms with E-state index < -0.39 is 6.04 Å². The molecule has 0 fully saturated rings. The van der Waals surface area contributed by atoms with Crippen molar-refractivity contribution in [2.45, 2.75) is 12.5 Å². The summed E-state index contributed by atoms with van der Waals surface area (Å²) in [4.78, 5) is 13.7. The van der Waals surface area contributed by atoms with Crippen molar-refractivity contribution in [1.82, 2.24) is 0 Å². The smallest absolute Gasteiger partial charge is 0.243 e. The van der Waals surface area contributed by atoms with Gasteiger partial charge in [-0.25, -0.2) is 4.39 Å². The van der Waals surface area contributed by atoms with E-state index in [0.717, 1.165) is 5.56 Å². The Morgan fingerprint density at radius 3 is 2.35 bits per heavy atom. The predicted molar refractivity (Wildman–Crippen MR) is 77.9 cm³/mol. The molecule has 2 aromatic rings. The van der Waals surface area contributed by atoms with E-state index in [1.54, 1.807) is 19.2 Å². The van der Waals surface area contributed by atoms with E-state index in [0.29, 0.717) is 12.1 Å². The van der Waals surface area contributed by atoms with Crippen LogP contribution in [0.5, 0.6) is 0 Å². The standard InChI is InChI=1S/C16H17FN2O/c1-19(14-9-7-13(17)8-10-14)16(20)15(18)11-12-5-3-2-4-6-12/h2-10,15H,11,18H2,1H3/t15-/m1/s1. The zero-order valence-corrected chi connectivity index (χ0v) is 11.3. The summed E-state index contributed by atoms with van der Waals surface area (Å²) in [6.45, 7) is 0. The summed E-state index contributed by atoms with van der Waals surface area (Å²) in [5, 5.41) is 0. The van der Waals surface area contributed by atoms with E-state index in [1.807, 2.05) is 30.3 Å². The van der Waals surface area contributed by atoms with Crippen molar-refractivity contribution in [1.29, 1.82) is 0 Å². The second-order valence-corrected chi connectivity index (χ2v) is 4.67. The Morgan fingerprint density at radius 1 is 1.15 bits per heavy atom. The minimum atomic E-state index is -0.618. The van der Waals surface area contributed by atoms with Gasteiger partial charge in [-0.1, -0.05) is 30.3 Å². The van der Waals surface area contributed by atoms with E-state index in [4.69, 9.17) is 5.73 Å². The Morgan fingerprint density at radius 2 is 1.75 bits per heavy atom. The molecule has 0 bridgehead atoms. The average Bonchev–Trinajstić information content (AvgIpc) is 2.47. The van der Waals surface area contributed by atoms with E-state index in [2.05, 4.69) is 0 Å². The van der Waals surface area contributed by atoms with Crippen LogP contribution in [-0.2, 0) is 11.2 Å². The van der Waals surface area contributed by atoms with Crippen LogP contribution in [0.25, 0.3) is 0 Å². The van der Waals surface area contributed by atoms with Crippen molar-refractivity contribution in [3.63, 3.8) is 0 Å². The second-order valence-electron chi connectivity index (χ2n) is 4.67. The Balaban J connectivity index is 2.04. The number of anilines is 1. The fourth-order valence-electron chi connectivity index (χ4n) is 2.00. The van der Waals surface area contributed by atoms with Crippen molar-refractivity contribution >= 4 is 11.6 Å². The summed E-state index contributed by atoms with van der Waals surface area (Å²) < 4.78 is 12.9. The normalized spacial score (nSPS) is 11.9. The molecule has 1 amide bonds. The van der Waals surface area contributed by atoms with Crippen LogP contribution in [-0.4, -0.2) is 19.0 Å². The molecule has 2 rings (SSSR count). The molecule has 0 saturated carbocycles. The summed E-state index contributed by atoms with van der Waals surface area (Å²) in [5.74, 6) is -0.524. The molecule has 2 N–H and O–H groups in total. The third kappa shape index (κ3) is 3.42.